The summed E-state index contributed by atoms with van der Waals surface area (Å²) in [6.45, 7) is 2.36. The molecule has 0 amide bonds. The quantitative estimate of drug-likeness (QED) is 0.233. The molecule has 1 aromatic heterocycles. The van der Waals surface area contributed by atoms with Gasteiger partial charge in [-0.3, -0.25) is 23.4 Å². The highest BCUT2D eigenvalue weighted by atomic mass is 31.3. The van der Waals surface area contributed by atoms with Crippen molar-refractivity contribution in [1.82, 2.24) is 14.5 Å². The van der Waals surface area contributed by atoms with Gasteiger partial charge in [-0.15, -0.1) is 0 Å². The van der Waals surface area contributed by atoms with E-state index in [1.54, 1.807) is 25.9 Å². The van der Waals surface area contributed by atoms with Crippen LogP contribution >= 0.6 is 15.6 Å². The maximum absolute atomic E-state index is 12.4. The number of ether oxygens (including phenoxy) is 2. The van der Waals surface area contributed by atoms with Gasteiger partial charge in [0.1, 0.15) is 18.4 Å². The molecular formula is C18H31N3O13P2. The lowest BCUT2D eigenvalue weighted by atomic mass is 9.99. The molecule has 1 aromatic rings. The van der Waals surface area contributed by atoms with Crippen LogP contribution in [0.2, 0.25) is 0 Å². The van der Waals surface area contributed by atoms with E-state index in [1.807, 2.05) is 0 Å². The van der Waals surface area contributed by atoms with Crippen LogP contribution in [0.15, 0.2) is 15.8 Å². The Balaban J connectivity index is 1.59. The van der Waals surface area contributed by atoms with Crippen molar-refractivity contribution in [3.8, 4) is 0 Å². The van der Waals surface area contributed by atoms with Crippen LogP contribution in [0.1, 0.15) is 31.6 Å². The fourth-order valence-corrected chi connectivity index (χ4v) is 6.10. The maximum Gasteiger partial charge on any atom is 0.483 e. The van der Waals surface area contributed by atoms with Gasteiger partial charge in [0.05, 0.1) is 18.8 Å². The van der Waals surface area contributed by atoms with Crippen LogP contribution in [-0.4, -0.2) is 91.9 Å². The molecule has 0 aliphatic carbocycles. The van der Waals surface area contributed by atoms with E-state index in [-0.39, 0.29) is 12.0 Å². The van der Waals surface area contributed by atoms with Gasteiger partial charge in [-0.05, 0) is 34.4 Å². The maximum atomic E-state index is 12.4. The van der Waals surface area contributed by atoms with Gasteiger partial charge < -0.3 is 34.4 Å². The summed E-state index contributed by atoms with van der Waals surface area (Å²) in [6.07, 6.45) is -5.40. The lowest BCUT2D eigenvalue weighted by Crippen LogP contribution is -2.53. The molecule has 3 rings (SSSR count). The number of aliphatic hydroxyl groups excluding tert-OH is 2. The van der Waals surface area contributed by atoms with Crippen LogP contribution in [0.3, 0.4) is 0 Å². The van der Waals surface area contributed by atoms with Gasteiger partial charge in [-0.2, -0.15) is 4.31 Å². The van der Waals surface area contributed by atoms with E-state index in [9.17, 15) is 38.7 Å². The summed E-state index contributed by atoms with van der Waals surface area (Å²) in [5, 5.41) is 20.6. The van der Waals surface area contributed by atoms with Crippen LogP contribution in [0.5, 0.6) is 0 Å². The number of phosphoric ester groups is 2. The number of H-pyrrole nitrogens is 1. The molecule has 0 aromatic carbocycles. The number of rotatable bonds is 9. The second-order valence-corrected chi connectivity index (χ2v) is 11.9. The number of likely N-dealkylation sites (N-methyl/N-ethyl adjacent to an activating group) is 1. The van der Waals surface area contributed by atoms with Gasteiger partial charge in [0.2, 0.25) is 0 Å². The second kappa shape index (κ2) is 11.2. The normalized spacial score (nSPS) is 34.4. The van der Waals surface area contributed by atoms with Crippen molar-refractivity contribution in [3.05, 3.63) is 32.6 Å². The zero-order valence-electron chi connectivity index (χ0n) is 20.0. The highest BCUT2D eigenvalue weighted by molar-refractivity contribution is 7.61. The molecule has 0 saturated carbocycles. The van der Waals surface area contributed by atoms with E-state index in [2.05, 4.69) is 9.29 Å². The first-order chi connectivity index (χ1) is 16.6. The van der Waals surface area contributed by atoms with Crippen LogP contribution in [0.25, 0.3) is 0 Å². The third kappa shape index (κ3) is 7.19. The Morgan fingerprint density at radius 1 is 1.17 bits per heavy atom. The monoisotopic (exact) mass is 559 g/mol. The van der Waals surface area contributed by atoms with Gasteiger partial charge in [0.15, 0.2) is 6.29 Å². The first kappa shape index (κ1) is 29.3. The van der Waals surface area contributed by atoms with Gasteiger partial charge in [-0.1, -0.05) is 0 Å². The van der Waals surface area contributed by atoms with E-state index in [1.165, 1.54) is 13.1 Å². The lowest BCUT2D eigenvalue weighted by molar-refractivity contribution is -0.222. The van der Waals surface area contributed by atoms with Crippen molar-refractivity contribution in [2.75, 3.05) is 20.7 Å². The smallest absolute Gasteiger partial charge is 0.390 e. The minimum Gasteiger partial charge on any atom is -0.390 e. The third-order valence-electron chi connectivity index (χ3n) is 5.78. The van der Waals surface area contributed by atoms with Crippen LogP contribution in [0.4, 0.5) is 0 Å². The van der Waals surface area contributed by atoms with E-state index >= 15 is 0 Å². The largest absolute Gasteiger partial charge is 0.483 e. The summed E-state index contributed by atoms with van der Waals surface area (Å²) in [7, 11) is -7.14. The Morgan fingerprint density at radius 2 is 1.83 bits per heavy atom. The molecule has 0 bridgehead atoms. The molecule has 16 nitrogen and oxygen atoms in total. The summed E-state index contributed by atoms with van der Waals surface area (Å²) in [5.74, 6) is 0. The molecule has 3 heterocycles. The Kier molecular flexibility index (Phi) is 9.14. The number of phosphoric acid groups is 2. The molecule has 36 heavy (non-hydrogen) atoms. The molecule has 18 heteroatoms. The number of hydrogen-bond donors (Lipinski definition) is 5. The summed E-state index contributed by atoms with van der Waals surface area (Å²) in [5.41, 5.74) is -1.14. The van der Waals surface area contributed by atoms with Crippen molar-refractivity contribution in [2.45, 2.75) is 69.7 Å². The number of nitrogens with one attached hydrogen (secondary N) is 1. The summed E-state index contributed by atoms with van der Waals surface area (Å²) in [4.78, 5) is 47.3. The van der Waals surface area contributed by atoms with E-state index in [0.717, 1.165) is 4.57 Å². The van der Waals surface area contributed by atoms with Gasteiger partial charge in [0.25, 0.3) is 5.56 Å². The highest BCUT2D eigenvalue weighted by Gasteiger charge is 2.45. The number of hydrogen-bond acceptors (Lipinski definition) is 12. The van der Waals surface area contributed by atoms with E-state index in [4.69, 9.17) is 18.5 Å². The van der Waals surface area contributed by atoms with E-state index in [0.29, 0.717) is 6.42 Å². The second-order valence-electron chi connectivity index (χ2n) is 8.90. The number of aromatic nitrogens is 2. The zero-order chi connectivity index (χ0) is 27.0. The topological polar surface area (TPSA) is 219 Å². The fourth-order valence-electron chi connectivity index (χ4n) is 3.94. The highest BCUT2D eigenvalue weighted by Crippen LogP contribution is 2.61. The SMILES string of the molecule is Cc1cn([C@H]2C[C@H](O)[C@@H](COP(=O)(O)OP(=O)(O)O[C@H]3O[C@H](C)C[C@H](N(C)C)[C@H]3O)O2)c(=O)[nH]c1=O. The Morgan fingerprint density at radius 3 is 2.47 bits per heavy atom. The molecule has 2 aliphatic rings. The minimum absolute atomic E-state index is 0.111. The van der Waals surface area contributed by atoms with Crippen molar-refractivity contribution in [3.63, 3.8) is 0 Å². The molecule has 206 valence electrons. The molecule has 9 atom stereocenters. The molecule has 0 radical (unpaired) electrons. The molecule has 5 N–H and O–H groups in total. The molecular weight excluding hydrogens is 528 g/mol. The standard InChI is InChI=1S/C18H31N3O13P2/c1-9-7-21(18(25)19-16(9)24)14-6-12(22)13(32-14)8-30-35(26,27)34-36(28,29)33-17-15(23)11(20(3)4)5-10(2)31-17/h7,10-15,17,22-23H,5-6,8H2,1-4H3,(H,26,27)(H,28,29)(H,19,24,25)/t10-,11+,12+,13-,14-,15-,17-/m1/s1. The number of aromatic amines is 1. The zero-order valence-corrected chi connectivity index (χ0v) is 21.8. The number of nitrogens with zero attached hydrogens (tertiary/aromatic N) is 2. The fraction of sp³-hybridized carbons (Fsp3) is 0.778. The van der Waals surface area contributed by atoms with Crippen molar-refractivity contribution < 1.29 is 52.0 Å². The van der Waals surface area contributed by atoms with Crippen LogP contribution in [-0.2, 0) is 32.0 Å². The molecule has 2 fully saturated rings. The van der Waals surface area contributed by atoms with Crippen LogP contribution in [0, 0.1) is 6.92 Å². The van der Waals surface area contributed by atoms with Crippen molar-refractivity contribution in [1.29, 1.82) is 0 Å². The molecule has 2 aliphatic heterocycles. The number of aryl methyl sites for hydroxylation is 1. The first-order valence-corrected chi connectivity index (χ1v) is 13.9. The van der Waals surface area contributed by atoms with Crippen molar-refractivity contribution >= 4 is 15.6 Å². The van der Waals surface area contributed by atoms with Gasteiger partial charge in [-0.25, -0.2) is 13.9 Å². The predicted octanol–water partition coefficient (Wildman–Crippen LogP) is -0.830. The molecule has 0 spiro atoms. The van der Waals surface area contributed by atoms with Crippen molar-refractivity contribution in [2.24, 2.45) is 0 Å². The Bertz CT molecular complexity index is 1140. The Labute approximate surface area is 205 Å². The summed E-state index contributed by atoms with van der Waals surface area (Å²) >= 11 is 0. The van der Waals surface area contributed by atoms with Gasteiger partial charge in [0, 0.05) is 24.2 Å². The average Bonchev–Trinajstić information content (AvgIpc) is 3.10. The minimum atomic E-state index is -5.28. The lowest BCUT2D eigenvalue weighted by Gasteiger charge is -2.40. The Hall–Kier alpha value is -1.26. The predicted molar refractivity (Wildman–Crippen MR) is 121 cm³/mol. The summed E-state index contributed by atoms with van der Waals surface area (Å²) < 4.78 is 50.4. The molecule has 2 unspecified atom stereocenters. The van der Waals surface area contributed by atoms with E-state index < -0.39 is 76.5 Å². The van der Waals surface area contributed by atoms with Gasteiger partial charge >= 0.3 is 21.3 Å². The summed E-state index contributed by atoms with van der Waals surface area (Å²) in [6, 6.07) is -0.483. The number of aliphatic hydroxyl groups is 2. The molecule has 2 saturated heterocycles. The first-order valence-electron chi connectivity index (χ1n) is 10.9. The van der Waals surface area contributed by atoms with Crippen LogP contribution < -0.4 is 11.2 Å². The average molecular weight is 559 g/mol. The third-order valence-corrected chi connectivity index (χ3v) is 8.38.